The molecule has 30 heavy (non-hydrogen) atoms. The van der Waals surface area contributed by atoms with Crippen LogP contribution in [0.25, 0.3) is 6.08 Å². The minimum absolute atomic E-state index is 0.0599. The highest BCUT2D eigenvalue weighted by Crippen LogP contribution is 2.80. The molecule has 0 N–H and O–H groups in total. The van der Waals surface area contributed by atoms with E-state index in [-0.39, 0.29) is 16.4 Å². The molecule has 1 fully saturated rings. The average molecular weight is 477 g/mol. The van der Waals surface area contributed by atoms with Crippen molar-refractivity contribution in [3.63, 3.8) is 0 Å². The maximum Gasteiger partial charge on any atom is 0.523 e. The number of fused-ring (bicyclic) bond motifs is 1. The highest BCUT2D eigenvalue weighted by Gasteiger charge is 2.65. The predicted molar refractivity (Wildman–Crippen MR) is 103 cm³/mol. The van der Waals surface area contributed by atoms with Crippen LogP contribution in [-0.4, -0.2) is 19.4 Å². The van der Waals surface area contributed by atoms with Crippen molar-refractivity contribution in [3.8, 4) is 0 Å². The molecule has 3 rings (SSSR count). The lowest BCUT2D eigenvalue weighted by atomic mass is 9.88. The molecule has 3 nitrogen and oxygen atoms in total. The Bertz CT molecular complexity index is 944. The van der Waals surface area contributed by atoms with Gasteiger partial charge in [-0.1, -0.05) is 45.2 Å². The van der Waals surface area contributed by atoms with E-state index in [9.17, 15) is 34.8 Å². The van der Waals surface area contributed by atoms with Gasteiger partial charge in [-0.3, -0.25) is 0 Å². The van der Waals surface area contributed by atoms with E-state index in [4.69, 9.17) is 0 Å². The molecule has 2 aliphatic rings. The van der Waals surface area contributed by atoms with Crippen LogP contribution in [0.2, 0.25) is 0 Å². The molecule has 0 radical (unpaired) electrons. The maximum absolute atomic E-state index is 14.6. The Balaban J connectivity index is 2.29. The fourth-order valence-electron chi connectivity index (χ4n) is 3.93. The molecular formula is C19H22F6O3S2. The van der Waals surface area contributed by atoms with Crippen molar-refractivity contribution in [2.45, 2.75) is 67.8 Å². The van der Waals surface area contributed by atoms with Gasteiger partial charge in [0, 0.05) is 20.1 Å². The van der Waals surface area contributed by atoms with E-state index >= 15 is 0 Å². The molecular weight excluding hydrogens is 454 g/mol. The lowest BCUT2D eigenvalue weighted by Gasteiger charge is -2.42. The Morgan fingerprint density at radius 2 is 1.63 bits per heavy atom. The fourth-order valence-corrected chi connectivity index (χ4v) is 8.76. The van der Waals surface area contributed by atoms with Gasteiger partial charge in [-0.2, -0.15) is 38.4 Å². The van der Waals surface area contributed by atoms with Crippen LogP contribution in [0.15, 0.2) is 28.0 Å². The van der Waals surface area contributed by atoms with Crippen LogP contribution in [0.1, 0.15) is 63.0 Å². The molecule has 1 atom stereocenters. The third-order valence-electron chi connectivity index (χ3n) is 5.45. The number of halogens is 6. The van der Waals surface area contributed by atoms with Gasteiger partial charge in [-0.05, 0) is 47.9 Å². The van der Waals surface area contributed by atoms with Crippen LogP contribution >= 0.6 is 10.3 Å². The Hall–Kier alpha value is -1.20. The Morgan fingerprint density at radius 3 is 2.13 bits per heavy atom. The zero-order valence-electron chi connectivity index (χ0n) is 16.3. The van der Waals surface area contributed by atoms with E-state index in [0.29, 0.717) is 31.2 Å². The normalized spacial score (nSPS) is 25.7. The molecule has 0 bridgehead atoms. The third kappa shape index (κ3) is 3.88. The number of hydrogen-bond donors (Lipinski definition) is 0. The van der Waals surface area contributed by atoms with Crippen molar-refractivity contribution in [2.24, 2.45) is 5.92 Å². The van der Waals surface area contributed by atoms with Gasteiger partial charge in [0.15, 0.2) is 0 Å². The maximum atomic E-state index is 14.6. The van der Waals surface area contributed by atoms with Gasteiger partial charge in [0.2, 0.25) is 0 Å². The van der Waals surface area contributed by atoms with Gasteiger partial charge in [0.25, 0.3) is 0 Å². The summed E-state index contributed by atoms with van der Waals surface area (Å²) in [5.41, 5.74) is -10.8. The van der Waals surface area contributed by atoms with Gasteiger partial charge < -0.3 is 0 Å². The molecule has 0 saturated heterocycles. The van der Waals surface area contributed by atoms with E-state index in [1.807, 2.05) is 0 Å². The number of benzene rings is 1. The van der Waals surface area contributed by atoms with E-state index in [0.717, 1.165) is 12.5 Å². The molecule has 0 aromatic heterocycles. The van der Waals surface area contributed by atoms with Crippen molar-refractivity contribution in [1.29, 1.82) is 0 Å². The highest BCUT2D eigenvalue weighted by molar-refractivity contribution is 8.37. The van der Waals surface area contributed by atoms with Crippen LogP contribution in [-0.2, 0) is 13.7 Å². The highest BCUT2D eigenvalue weighted by atomic mass is 32.3. The third-order valence-corrected chi connectivity index (χ3v) is 10.3. The summed E-state index contributed by atoms with van der Waals surface area (Å²) in [5.74, 6) is -0.896. The van der Waals surface area contributed by atoms with Crippen molar-refractivity contribution < 1.29 is 38.4 Å². The van der Waals surface area contributed by atoms with E-state index in [1.54, 1.807) is 19.9 Å². The number of alkyl halides is 6. The predicted octanol–water partition coefficient (Wildman–Crippen LogP) is 7.21. The summed E-state index contributed by atoms with van der Waals surface area (Å²) in [6, 6.07) is 4.15. The largest absolute Gasteiger partial charge is 0.523 e. The molecule has 11 heteroatoms. The molecule has 1 aromatic rings. The average Bonchev–Trinajstić information content (AvgIpc) is 2.95. The standard InChI is InChI=1S/C19H22F6O3S2/c1-12(2)14-8-9-15-11-16(13-6-4-3-5-7-13)29(17(15)10-14,18(20,21)22)28-30(26,27)19(23,24)25/h8-13H,3-7H2,1-2H3. The van der Waals surface area contributed by atoms with Gasteiger partial charge in [0.1, 0.15) is 0 Å². The smallest absolute Gasteiger partial charge is 0.196 e. The van der Waals surface area contributed by atoms with Crippen LogP contribution in [0.4, 0.5) is 26.3 Å². The van der Waals surface area contributed by atoms with E-state index in [1.165, 1.54) is 12.1 Å². The molecule has 1 heterocycles. The van der Waals surface area contributed by atoms with Crippen LogP contribution < -0.4 is 0 Å². The molecule has 0 spiro atoms. The van der Waals surface area contributed by atoms with Gasteiger partial charge in [-0.15, -0.1) is 0 Å². The molecule has 1 aliphatic heterocycles. The Kier molecular flexibility index (Phi) is 6.05. The van der Waals surface area contributed by atoms with Crippen LogP contribution in [0, 0.1) is 5.92 Å². The summed E-state index contributed by atoms with van der Waals surface area (Å²) in [5, 5.41) is 0. The number of rotatable bonds is 4. The first kappa shape index (κ1) is 23.5. The molecule has 0 amide bonds. The monoisotopic (exact) mass is 476 g/mol. The zero-order valence-corrected chi connectivity index (χ0v) is 17.9. The summed E-state index contributed by atoms with van der Waals surface area (Å²) in [7, 11) is -11.4. The first-order chi connectivity index (χ1) is 13.7. The topological polar surface area (TPSA) is 43.4 Å². The summed E-state index contributed by atoms with van der Waals surface area (Å²) in [6.45, 7) is 3.45. The first-order valence-electron chi connectivity index (χ1n) is 9.48. The molecule has 1 aromatic carbocycles. The van der Waals surface area contributed by atoms with Crippen LogP contribution in [0.5, 0.6) is 0 Å². The van der Waals surface area contributed by atoms with E-state index < -0.39 is 42.3 Å². The second-order valence-electron chi connectivity index (χ2n) is 7.80. The molecule has 170 valence electrons. The van der Waals surface area contributed by atoms with Crippen molar-refractivity contribution in [3.05, 3.63) is 34.2 Å². The molecule has 1 aliphatic carbocycles. The van der Waals surface area contributed by atoms with E-state index in [2.05, 4.69) is 3.63 Å². The fraction of sp³-hybridized carbons (Fsp3) is 0.579. The lowest BCUT2D eigenvalue weighted by Crippen LogP contribution is -2.34. The quantitative estimate of drug-likeness (QED) is 0.341. The van der Waals surface area contributed by atoms with Gasteiger partial charge >= 0.3 is 21.1 Å². The first-order valence-corrected chi connectivity index (χ1v) is 12.4. The SMILES string of the molecule is CC(C)c1ccc2c(c1)S(OS(=O)(=O)C(F)(F)F)(C(F)(F)F)C(C1CCCCC1)=C2. The zero-order chi connectivity index (χ0) is 22.5. The summed E-state index contributed by atoms with van der Waals surface area (Å²) < 4.78 is 111. The summed E-state index contributed by atoms with van der Waals surface area (Å²) in [4.78, 5) is -0.895. The Labute approximate surface area is 173 Å². The minimum atomic E-state index is -6.49. The van der Waals surface area contributed by atoms with Crippen molar-refractivity contribution >= 4 is 26.5 Å². The summed E-state index contributed by atoms with van der Waals surface area (Å²) >= 11 is 0. The second-order valence-corrected chi connectivity index (χ2v) is 12.2. The van der Waals surface area contributed by atoms with Crippen LogP contribution in [0.3, 0.4) is 0 Å². The number of allylic oxidation sites excluding steroid dienone is 1. The molecule has 1 saturated carbocycles. The van der Waals surface area contributed by atoms with Gasteiger partial charge in [-0.25, -0.2) is 0 Å². The van der Waals surface area contributed by atoms with Gasteiger partial charge in [0.05, 0.1) is 0 Å². The second kappa shape index (κ2) is 7.74. The number of hydrogen-bond acceptors (Lipinski definition) is 3. The lowest BCUT2D eigenvalue weighted by molar-refractivity contribution is -0.0547. The summed E-state index contributed by atoms with van der Waals surface area (Å²) in [6.07, 6.45) is 3.94. The van der Waals surface area contributed by atoms with Crippen molar-refractivity contribution in [1.82, 2.24) is 0 Å². The van der Waals surface area contributed by atoms with Crippen molar-refractivity contribution in [2.75, 3.05) is 0 Å². The minimum Gasteiger partial charge on any atom is -0.196 e. The Morgan fingerprint density at radius 1 is 1.03 bits per heavy atom. The molecule has 1 unspecified atom stereocenters.